The SMILES string of the molecule is CN(Cc1ccccn1)C(=O)[C@@]1(c2ccccc2)CCC(=O)NC1. The maximum atomic E-state index is 13.3. The highest BCUT2D eigenvalue weighted by Crippen LogP contribution is 2.33. The van der Waals surface area contributed by atoms with Gasteiger partial charge in [0.15, 0.2) is 0 Å². The summed E-state index contributed by atoms with van der Waals surface area (Å²) in [5, 5.41) is 2.87. The zero-order valence-electron chi connectivity index (χ0n) is 13.7. The van der Waals surface area contributed by atoms with Crippen LogP contribution in [0.3, 0.4) is 0 Å². The largest absolute Gasteiger partial charge is 0.355 e. The zero-order valence-corrected chi connectivity index (χ0v) is 13.7. The van der Waals surface area contributed by atoms with Gasteiger partial charge in [0.2, 0.25) is 11.8 Å². The van der Waals surface area contributed by atoms with Crippen molar-refractivity contribution >= 4 is 11.8 Å². The highest BCUT2D eigenvalue weighted by molar-refractivity contribution is 5.91. The smallest absolute Gasteiger partial charge is 0.235 e. The Morgan fingerprint density at radius 1 is 1.21 bits per heavy atom. The maximum absolute atomic E-state index is 13.3. The molecule has 2 heterocycles. The summed E-state index contributed by atoms with van der Waals surface area (Å²) in [5.41, 5.74) is 1.08. The number of nitrogens with one attached hydrogen (secondary N) is 1. The molecule has 5 nitrogen and oxygen atoms in total. The summed E-state index contributed by atoms with van der Waals surface area (Å²) in [6.07, 6.45) is 2.60. The van der Waals surface area contributed by atoms with E-state index in [0.717, 1.165) is 11.3 Å². The van der Waals surface area contributed by atoms with E-state index in [2.05, 4.69) is 10.3 Å². The van der Waals surface area contributed by atoms with Crippen molar-refractivity contribution in [3.8, 4) is 0 Å². The number of carbonyl (C=O) groups excluding carboxylic acids is 2. The van der Waals surface area contributed by atoms with Crippen LogP contribution in [-0.2, 0) is 21.5 Å². The van der Waals surface area contributed by atoms with Crippen LogP contribution in [0.1, 0.15) is 24.1 Å². The third kappa shape index (κ3) is 3.15. The van der Waals surface area contributed by atoms with Gasteiger partial charge in [-0.05, 0) is 24.1 Å². The van der Waals surface area contributed by atoms with Crippen LogP contribution in [0.2, 0.25) is 0 Å². The molecule has 2 aromatic rings. The lowest BCUT2D eigenvalue weighted by molar-refractivity contribution is -0.139. The molecule has 124 valence electrons. The molecule has 1 fully saturated rings. The molecule has 3 rings (SSSR count). The van der Waals surface area contributed by atoms with Crippen molar-refractivity contribution in [1.82, 2.24) is 15.2 Å². The summed E-state index contributed by atoms with van der Waals surface area (Å²) < 4.78 is 0. The number of amides is 2. The Morgan fingerprint density at radius 2 is 1.96 bits per heavy atom. The molecule has 1 N–H and O–H groups in total. The summed E-state index contributed by atoms with van der Waals surface area (Å²) in [6.45, 7) is 0.781. The van der Waals surface area contributed by atoms with Gasteiger partial charge in [-0.2, -0.15) is 0 Å². The van der Waals surface area contributed by atoms with E-state index in [1.807, 2.05) is 48.5 Å². The Hall–Kier alpha value is -2.69. The van der Waals surface area contributed by atoms with Crippen LogP contribution in [0.5, 0.6) is 0 Å². The fourth-order valence-electron chi connectivity index (χ4n) is 3.23. The normalized spacial score (nSPS) is 20.3. The summed E-state index contributed by atoms with van der Waals surface area (Å²) in [5.74, 6) is 0.0149. The van der Waals surface area contributed by atoms with E-state index in [0.29, 0.717) is 25.9 Å². The number of hydrogen-bond donors (Lipinski definition) is 1. The van der Waals surface area contributed by atoms with Gasteiger partial charge in [0.05, 0.1) is 17.7 Å². The number of aromatic nitrogens is 1. The van der Waals surface area contributed by atoms with E-state index in [-0.39, 0.29) is 11.8 Å². The van der Waals surface area contributed by atoms with Gasteiger partial charge in [-0.1, -0.05) is 36.4 Å². The lowest BCUT2D eigenvalue weighted by atomic mass is 9.73. The number of likely N-dealkylation sites (N-methyl/N-ethyl adjacent to an activating group) is 1. The molecule has 1 aliphatic rings. The fourth-order valence-corrected chi connectivity index (χ4v) is 3.23. The quantitative estimate of drug-likeness (QED) is 0.934. The van der Waals surface area contributed by atoms with Crippen molar-refractivity contribution in [2.24, 2.45) is 0 Å². The van der Waals surface area contributed by atoms with Crippen molar-refractivity contribution in [1.29, 1.82) is 0 Å². The molecule has 1 aromatic carbocycles. The predicted octanol–water partition coefficient (Wildman–Crippen LogP) is 1.89. The first kappa shape index (κ1) is 16.2. The maximum Gasteiger partial charge on any atom is 0.235 e. The van der Waals surface area contributed by atoms with E-state index in [1.54, 1.807) is 18.1 Å². The van der Waals surface area contributed by atoms with Crippen LogP contribution < -0.4 is 5.32 Å². The Morgan fingerprint density at radius 3 is 2.58 bits per heavy atom. The average molecular weight is 323 g/mol. The van der Waals surface area contributed by atoms with Gasteiger partial charge in [0.1, 0.15) is 0 Å². The first-order valence-electron chi connectivity index (χ1n) is 8.09. The summed E-state index contributed by atoms with van der Waals surface area (Å²) in [6, 6.07) is 15.4. The van der Waals surface area contributed by atoms with Gasteiger partial charge in [0.25, 0.3) is 0 Å². The first-order valence-corrected chi connectivity index (χ1v) is 8.09. The second-order valence-corrected chi connectivity index (χ2v) is 6.21. The molecule has 2 amide bonds. The Kier molecular flexibility index (Phi) is 4.60. The highest BCUT2D eigenvalue weighted by atomic mass is 16.2. The van der Waals surface area contributed by atoms with E-state index >= 15 is 0 Å². The molecule has 1 aliphatic heterocycles. The molecule has 0 bridgehead atoms. The Labute approximate surface area is 141 Å². The minimum absolute atomic E-state index is 0.00161. The van der Waals surface area contributed by atoms with Crippen LogP contribution in [0.15, 0.2) is 54.7 Å². The third-order valence-corrected chi connectivity index (χ3v) is 4.57. The lowest BCUT2D eigenvalue weighted by Gasteiger charge is -2.39. The van der Waals surface area contributed by atoms with Gasteiger partial charge < -0.3 is 10.2 Å². The molecule has 0 unspecified atom stereocenters. The standard InChI is InChI=1S/C19H21N3O2/c1-22(13-16-9-5-6-12-20-16)18(24)19(11-10-17(23)21-14-19)15-7-3-2-4-8-15/h2-9,12H,10-11,13-14H2,1H3,(H,21,23)/t19-/m0/s1. The van der Waals surface area contributed by atoms with Crippen molar-refractivity contribution in [3.63, 3.8) is 0 Å². The molecule has 0 saturated carbocycles. The number of hydrogen-bond acceptors (Lipinski definition) is 3. The fraction of sp³-hybridized carbons (Fsp3) is 0.316. The Bertz CT molecular complexity index is 706. The zero-order chi connectivity index (χ0) is 17.0. The second kappa shape index (κ2) is 6.83. The summed E-state index contributed by atoms with van der Waals surface area (Å²) >= 11 is 0. The summed E-state index contributed by atoms with van der Waals surface area (Å²) in [7, 11) is 1.79. The van der Waals surface area contributed by atoms with Crippen LogP contribution >= 0.6 is 0 Å². The van der Waals surface area contributed by atoms with E-state index in [1.165, 1.54) is 0 Å². The van der Waals surface area contributed by atoms with Crippen molar-refractivity contribution in [2.75, 3.05) is 13.6 Å². The Balaban J connectivity index is 1.88. The number of rotatable bonds is 4. The predicted molar refractivity (Wildman–Crippen MR) is 91.1 cm³/mol. The molecule has 1 atom stereocenters. The number of pyridine rings is 1. The molecule has 1 saturated heterocycles. The third-order valence-electron chi connectivity index (χ3n) is 4.57. The highest BCUT2D eigenvalue weighted by Gasteiger charge is 2.44. The summed E-state index contributed by atoms with van der Waals surface area (Å²) in [4.78, 5) is 30.9. The van der Waals surface area contributed by atoms with Gasteiger partial charge in [-0.3, -0.25) is 14.6 Å². The molecule has 0 spiro atoms. The van der Waals surface area contributed by atoms with Crippen molar-refractivity contribution in [3.05, 3.63) is 66.0 Å². The number of benzene rings is 1. The van der Waals surface area contributed by atoms with Gasteiger partial charge in [0, 0.05) is 26.2 Å². The van der Waals surface area contributed by atoms with E-state index < -0.39 is 5.41 Å². The van der Waals surface area contributed by atoms with Gasteiger partial charge >= 0.3 is 0 Å². The molecule has 24 heavy (non-hydrogen) atoms. The van der Waals surface area contributed by atoms with Crippen LogP contribution in [0.25, 0.3) is 0 Å². The topological polar surface area (TPSA) is 62.3 Å². The lowest BCUT2D eigenvalue weighted by Crippen LogP contribution is -2.55. The van der Waals surface area contributed by atoms with Crippen molar-refractivity contribution < 1.29 is 9.59 Å². The van der Waals surface area contributed by atoms with E-state index in [4.69, 9.17) is 0 Å². The van der Waals surface area contributed by atoms with Crippen LogP contribution in [-0.4, -0.2) is 35.3 Å². The number of carbonyl (C=O) groups is 2. The van der Waals surface area contributed by atoms with Gasteiger partial charge in [-0.15, -0.1) is 0 Å². The van der Waals surface area contributed by atoms with Crippen molar-refractivity contribution in [2.45, 2.75) is 24.8 Å². The van der Waals surface area contributed by atoms with Crippen LogP contribution in [0.4, 0.5) is 0 Å². The molecule has 0 radical (unpaired) electrons. The second-order valence-electron chi connectivity index (χ2n) is 6.21. The molecular weight excluding hydrogens is 302 g/mol. The molecular formula is C19H21N3O2. The molecule has 1 aromatic heterocycles. The van der Waals surface area contributed by atoms with Crippen LogP contribution in [0, 0.1) is 0 Å². The molecule has 5 heteroatoms. The monoisotopic (exact) mass is 323 g/mol. The minimum atomic E-state index is -0.710. The molecule has 0 aliphatic carbocycles. The minimum Gasteiger partial charge on any atom is -0.355 e. The van der Waals surface area contributed by atoms with E-state index in [9.17, 15) is 9.59 Å². The number of piperidine rings is 1. The van der Waals surface area contributed by atoms with Gasteiger partial charge in [-0.25, -0.2) is 0 Å². The average Bonchev–Trinajstić information content (AvgIpc) is 2.63. The number of nitrogens with zero attached hydrogens (tertiary/aromatic N) is 2. The first-order chi connectivity index (χ1) is 11.6.